The predicted octanol–water partition coefficient (Wildman–Crippen LogP) is 0.388. The molecule has 0 aromatic carbocycles. The molecule has 0 amide bonds. The first-order chi connectivity index (χ1) is 5.18. The van der Waals surface area contributed by atoms with Crippen LogP contribution in [0.2, 0.25) is 0 Å². The molecule has 4 nitrogen and oxygen atoms in total. The fourth-order valence-corrected chi connectivity index (χ4v) is 0.658. The zero-order valence-corrected chi connectivity index (χ0v) is 6.57. The standard InChI is InChI=1S/C7H10N2O2/c1-6(10)5-11-7-3-8-9(2)4-7/h3-4H,5H2,1-2H3. The fraction of sp³-hybridized carbons (Fsp3) is 0.429. The van der Waals surface area contributed by atoms with Crippen LogP contribution in [0.4, 0.5) is 0 Å². The number of hydrogen-bond donors (Lipinski definition) is 0. The van der Waals surface area contributed by atoms with Crippen LogP contribution >= 0.6 is 0 Å². The zero-order chi connectivity index (χ0) is 8.27. The lowest BCUT2D eigenvalue weighted by atomic mass is 10.5. The molecule has 1 aromatic heterocycles. The summed E-state index contributed by atoms with van der Waals surface area (Å²) in [5.74, 6) is 0.636. The maximum atomic E-state index is 10.5. The van der Waals surface area contributed by atoms with Crippen LogP contribution < -0.4 is 4.74 Å². The molecule has 0 N–H and O–H groups in total. The van der Waals surface area contributed by atoms with Gasteiger partial charge in [-0.05, 0) is 6.92 Å². The van der Waals surface area contributed by atoms with Crippen molar-refractivity contribution in [3.05, 3.63) is 12.4 Å². The highest BCUT2D eigenvalue weighted by Gasteiger charge is 1.97. The summed E-state index contributed by atoms with van der Waals surface area (Å²) in [5, 5.41) is 3.87. The molecule has 0 aliphatic rings. The number of rotatable bonds is 3. The second kappa shape index (κ2) is 3.18. The monoisotopic (exact) mass is 154 g/mol. The van der Waals surface area contributed by atoms with Crippen molar-refractivity contribution < 1.29 is 9.53 Å². The third-order valence-electron chi connectivity index (χ3n) is 1.12. The normalized spacial score (nSPS) is 9.64. The number of ether oxygens (including phenoxy) is 1. The molecular formula is C7H10N2O2. The first kappa shape index (κ1) is 7.78. The summed E-state index contributed by atoms with van der Waals surface area (Å²) in [6.45, 7) is 1.60. The molecule has 0 saturated carbocycles. The lowest BCUT2D eigenvalue weighted by molar-refractivity contribution is -0.118. The zero-order valence-electron chi connectivity index (χ0n) is 6.57. The SMILES string of the molecule is CC(=O)COc1cnn(C)c1. The average molecular weight is 154 g/mol. The summed E-state index contributed by atoms with van der Waals surface area (Å²) >= 11 is 0. The van der Waals surface area contributed by atoms with Crippen LogP contribution in [0.1, 0.15) is 6.92 Å². The largest absolute Gasteiger partial charge is 0.483 e. The molecule has 0 atom stereocenters. The van der Waals surface area contributed by atoms with Crippen molar-refractivity contribution >= 4 is 5.78 Å². The average Bonchev–Trinajstić information content (AvgIpc) is 2.31. The molecule has 1 heterocycles. The fourth-order valence-electron chi connectivity index (χ4n) is 0.658. The van der Waals surface area contributed by atoms with Gasteiger partial charge in [-0.25, -0.2) is 0 Å². The van der Waals surface area contributed by atoms with Gasteiger partial charge in [-0.2, -0.15) is 5.10 Å². The van der Waals surface area contributed by atoms with Crippen LogP contribution in [0.15, 0.2) is 12.4 Å². The number of aromatic nitrogens is 2. The summed E-state index contributed by atoms with van der Waals surface area (Å²) in [4.78, 5) is 10.5. The molecule has 4 heteroatoms. The van der Waals surface area contributed by atoms with Crippen molar-refractivity contribution in [1.29, 1.82) is 0 Å². The van der Waals surface area contributed by atoms with Crippen LogP contribution in [0.3, 0.4) is 0 Å². The highest BCUT2D eigenvalue weighted by molar-refractivity contribution is 5.77. The molecule has 60 valence electrons. The Kier molecular flexibility index (Phi) is 2.25. The van der Waals surface area contributed by atoms with Gasteiger partial charge in [0.05, 0.1) is 12.4 Å². The Morgan fingerprint density at radius 1 is 1.82 bits per heavy atom. The number of aryl methyl sites for hydroxylation is 1. The van der Waals surface area contributed by atoms with Crippen molar-refractivity contribution in [3.63, 3.8) is 0 Å². The van der Waals surface area contributed by atoms with Gasteiger partial charge in [-0.15, -0.1) is 0 Å². The van der Waals surface area contributed by atoms with Crippen LogP contribution in [0.25, 0.3) is 0 Å². The van der Waals surface area contributed by atoms with E-state index in [0.717, 1.165) is 0 Å². The minimum absolute atomic E-state index is 0.00820. The van der Waals surface area contributed by atoms with Crippen LogP contribution in [-0.2, 0) is 11.8 Å². The van der Waals surface area contributed by atoms with E-state index in [-0.39, 0.29) is 12.4 Å². The van der Waals surface area contributed by atoms with Gasteiger partial charge >= 0.3 is 0 Å². The van der Waals surface area contributed by atoms with E-state index in [9.17, 15) is 4.79 Å². The van der Waals surface area contributed by atoms with Crippen molar-refractivity contribution in [2.75, 3.05) is 6.61 Å². The van der Waals surface area contributed by atoms with Crippen molar-refractivity contribution in [2.45, 2.75) is 6.92 Å². The lowest BCUT2D eigenvalue weighted by Gasteiger charge is -1.96. The van der Waals surface area contributed by atoms with E-state index in [4.69, 9.17) is 4.74 Å². The lowest BCUT2D eigenvalue weighted by Crippen LogP contribution is -2.05. The smallest absolute Gasteiger partial charge is 0.167 e. The van der Waals surface area contributed by atoms with E-state index in [1.807, 2.05) is 0 Å². The molecule has 0 spiro atoms. The molecule has 0 aliphatic carbocycles. The Bertz CT molecular complexity index is 255. The van der Waals surface area contributed by atoms with E-state index in [1.165, 1.54) is 6.92 Å². The third-order valence-corrected chi connectivity index (χ3v) is 1.12. The first-order valence-corrected chi connectivity index (χ1v) is 3.29. The second-order valence-electron chi connectivity index (χ2n) is 2.34. The van der Waals surface area contributed by atoms with E-state index < -0.39 is 0 Å². The minimum Gasteiger partial charge on any atom is -0.483 e. The first-order valence-electron chi connectivity index (χ1n) is 3.29. The van der Waals surface area contributed by atoms with Crippen molar-refractivity contribution in [3.8, 4) is 5.75 Å². The summed E-state index contributed by atoms with van der Waals surface area (Å²) in [5.41, 5.74) is 0. The molecule has 0 aliphatic heterocycles. The summed E-state index contributed by atoms with van der Waals surface area (Å²) in [7, 11) is 1.79. The highest BCUT2D eigenvalue weighted by Crippen LogP contribution is 2.05. The van der Waals surface area contributed by atoms with Gasteiger partial charge in [0.2, 0.25) is 0 Å². The van der Waals surface area contributed by atoms with Gasteiger partial charge in [0.15, 0.2) is 11.5 Å². The maximum Gasteiger partial charge on any atom is 0.167 e. The molecule has 1 rings (SSSR count). The van der Waals surface area contributed by atoms with Gasteiger partial charge in [0.1, 0.15) is 6.61 Å². The number of ketones is 1. The van der Waals surface area contributed by atoms with E-state index in [2.05, 4.69) is 5.10 Å². The summed E-state index contributed by atoms with van der Waals surface area (Å²) in [6.07, 6.45) is 3.28. The Morgan fingerprint density at radius 3 is 3.00 bits per heavy atom. The van der Waals surface area contributed by atoms with Gasteiger partial charge in [0, 0.05) is 7.05 Å². The maximum absolute atomic E-state index is 10.5. The summed E-state index contributed by atoms with van der Waals surface area (Å²) in [6, 6.07) is 0. The van der Waals surface area contributed by atoms with Crippen LogP contribution in [0.5, 0.6) is 5.75 Å². The molecule has 11 heavy (non-hydrogen) atoms. The second-order valence-corrected chi connectivity index (χ2v) is 2.34. The molecule has 1 aromatic rings. The molecular weight excluding hydrogens is 144 g/mol. The Labute approximate surface area is 64.8 Å². The number of hydrogen-bond acceptors (Lipinski definition) is 3. The number of Topliss-reactive ketones (excluding diaryl/α,β-unsaturated/α-hetero) is 1. The molecule has 0 bridgehead atoms. The van der Waals surface area contributed by atoms with Gasteiger partial charge in [-0.3, -0.25) is 9.48 Å². The van der Waals surface area contributed by atoms with Gasteiger partial charge < -0.3 is 4.74 Å². The number of nitrogens with zero attached hydrogens (tertiary/aromatic N) is 2. The molecule has 0 saturated heterocycles. The van der Waals surface area contributed by atoms with Crippen molar-refractivity contribution in [2.24, 2.45) is 7.05 Å². The number of carbonyl (C=O) groups excluding carboxylic acids is 1. The topological polar surface area (TPSA) is 44.1 Å². The molecule has 0 unspecified atom stereocenters. The van der Waals surface area contributed by atoms with E-state index in [1.54, 1.807) is 24.1 Å². The quantitative estimate of drug-likeness (QED) is 0.632. The van der Waals surface area contributed by atoms with E-state index >= 15 is 0 Å². The Balaban J connectivity index is 2.45. The summed E-state index contributed by atoms with van der Waals surface area (Å²) < 4.78 is 6.68. The Morgan fingerprint density at radius 2 is 2.55 bits per heavy atom. The number of carbonyl (C=O) groups is 1. The third kappa shape index (κ3) is 2.41. The van der Waals surface area contributed by atoms with Crippen LogP contribution in [-0.4, -0.2) is 22.2 Å². The minimum atomic E-state index is 0.00820. The van der Waals surface area contributed by atoms with E-state index in [0.29, 0.717) is 5.75 Å². The highest BCUT2D eigenvalue weighted by atomic mass is 16.5. The van der Waals surface area contributed by atoms with Crippen molar-refractivity contribution in [1.82, 2.24) is 9.78 Å². The van der Waals surface area contributed by atoms with Gasteiger partial charge in [-0.1, -0.05) is 0 Å². The van der Waals surface area contributed by atoms with Crippen LogP contribution in [0, 0.1) is 0 Å². The molecule has 0 fully saturated rings. The predicted molar refractivity (Wildman–Crippen MR) is 39.4 cm³/mol. The van der Waals surface area contributed by atoms with Gasteiger partial charge in [0.25, 0.3) is 0 Å². The molecule has 0 radical (unpaired) electrons. The Hall–Kier alpha value is -1.32.